The number of nitro benzene ring substituents is 1. The van der Waals surface area contributed by atoms with Gasteiger partial charge in [-0.3, -0.25) is 10.1 Å². The molecule has 0 radical (unpaired) electrons. The van der Waals surface area contributed by atoms with Gasteiger partial charge in [0.15, 0.2) is 0 Å². The molecular formula is C13H10Cl2N2O2S. The van der Waals surface area contributed by atoms with Crippen LogP contribution in [-0.2, 0) is 0 Å². The molecule has 0 saturated carbocycles. The number of benzene rings is 2. The first-order valence-electron chi connectivity index (χ1n) is 5.60. The maximum atomic E-state index is 10.7. The summed E-state index contributed by atoms with van der Waals surface area (Å²) in [6.07, 6.45) is 0. The lowest BCUT2D eigenvalue weighted by Gasteiger charge is -2.08. The van der Waals surface area contributed by atoms with Crippen LogP contribution in [0.4, 0.5) is 11.4 Å². The molecule has 0 fully saturated rings. The molecule has 0 heterocycles. The summed E-state index contributed by atoms with van der Waals surface area (Å²) in [5, 5.41) is 14.6. The van der Waals surface area contributed by atoms with E-state index >= 15 is 0 Å². The van der Waals surface area contributed by atoms with E-state index in [0.29, 0.717) is 10.0 Å². The van der Waals surface area contributed by atoms with Gasteiger partial charge in [0.05, 0.1) is 15.0 Å². The minimum absolute atomic E-state index is 0.0315. The summed E-state index contributed by atoms with van der Waals surface area (Å²) in [4.78, 5) is 11.7. The van der Waals surface area contributed by atoms with Gasteiger partial charge in [0.1, 0.15) is 0 Å². The van der Waals surface area contributed by atoms with E-state index < -0.39 is 4.92 Å². The van der Waals surface area contributed by atoms with Crippen LogP contribution in [0.25, 0.3) is 0 Å². The summed E-state index contributed by atoms with van der Waals surface area (Å²) in [5.41, 5.74) is 0.880. The van der Waals surface area contributed by atoms with Crippen molar-refractivity contribution in [3.05, 3.63) is 56.6 Å². The van der Waals surface area contributed by atoms with Gasteiger partial charge in [-0.15, -0.1) is 0 Å². The van der Waals surface area contributed by atoms with Crippen molar-refractivity contribution in [1.29, 1.82) is 0 Å². The number of anilines is 1. The van der Waals surface area contributed by atoms with Gasteiger partial charge in [0.2, 0.25) is 0 Å². The molecule has 0 aliphatic heterocycles. The average molecular weight is 329 g/mol. The third-order valence-electron chi connectivity index (χ3n) is 2.57. The molecule has 20 heavy (non-hydrogen) atoms. The number of nitrogens with zero attached hydrogens (tertiary/aromatic N) is 1. The molecule has 0 saturated heterocycles. The quantitative estimate of drug-likeness (QED) is 0.627. The van der Waals surface area contributed by atoms with Gasteiger partial charge < -0.3 is 5.32 Å². The average Bonchev–Trinajstić information content (AvgIpc) is 2.42. The maximum Gasteiger partial charge on any atom is 0.270 e. The summed E-state index contributed by atoms with van der Waals surface area (Å²) in [6.45, 7) is 0. The summed E-state index contributed by atoms with van der Waals surface area (Å²) < 4.78 is 0. The molecular weight excluding hydrogens is 319 g/mol. The maximum absolute atomic E-state index is 10.7. The van der Waals surface area contributed by atoms with Crippen molar-refractivity contribution < 1.29 is 4.92 Å². The lowest BCUT2D eigenvalue weighted by Crippen LogP contribution is -1.89. The molecule has 4 nitrogen and oxygen atoms in total. The van der Waals surface area contributed by atoms with E-state index in [1.54, 1.807) is 6.07 Å². The fourth-order valence-electron chi connectivity index (χ4n) is 1.54. The normalized spacial score (nSPS) is 10.3. The topological polar surface area (TPSA) is 55.2 Å². The van der Waals surface area contributed by atoms with Crippen molar-refractivity contribution in [3.63, 3.8) is 0 Å². The van der Waals surface area contributed by atoms with Crippen LogP contribution in [0.15, 0.2) is 46.2 Å². The van der Waals surface area contributed by atoms with Gasteiger partial charge in [0, 0.05) is 34.7 Å². The van der Waals surface area contributed by atoms with Crippen LogP contribution in [0, 0.1) is 10.1 Å². The predicted molar refractivity (Wildman–Crippen MR) is 83.2 cm³/mol. The molecule has 2 aromatic carbocycles. The molecule has 0 amide bonds. The van der Waals surface area contributed by atoms with Crippen molar-refractivity contribution in [1.82, 2.24) is 0 Å². The number of non-ortho nitro benzene ring substituents is 1. The predicted octanol–water partition coefficient (Wildman–Crippen LogP) is 5.09. The molecule has 0 spiro atoms. The van der Waals surface area contributed by atoms with Crippen molar-refractivity contribution in [2.45, 2.75) is 9.79 Å². The van der Waals surface area contributed by atoms with Gasteiger partial charge in [-0.25, -0.2) is 0 Å². The van der Waals surface area contributed by atoms with Gasteiger partial charge >= 0.3 is 0 Å². The zero-order valence-electron chi connectivity index (χ0n) is 10.4. The molecule has 2 aromatic rings. The van der Waals surface area contributed by atoms with Crippen LogP contribution in [0.3, 0.4) is 0 Å². The second-order valence-corrected chi connectivity index (χ2v) is 5.77. The zero-order valence-corrected chi connectivity index (χ0v) is 12.7. The number of rotatable bonds is 4. The Hall–Kier alpha value is -1.43. The summed E-state index contributed by atoms with van der Waals surface area (Å²) >= 11 is 13.6. The molecule has 0 aromatic heterocycles. The Morgan fingerprint density at radius 2 is 1.70 bits per heavy atom. The molecule has 7 heteroatoms. The lowest BCUT2D eigenvalue weighted by molar-refractivity contribution is -0.384. The van der Waals surface area contributed by atoms with E-state index in [2.05, 4.69) is 5.32 Å². The third kappa shape index (κ3) is 3.36. The first-order chi connectivity index (χ1) is 9.51. The Bertz CT molecular complexity index is 665. The molecule has 104 valence electrons. The Labute approximate surface area is 130 Å². The molecule has 0 aliphatic rings. The van der Waals surface area contributed by atoms with Crippen LogP contribution in [0.2, 0.25) is 10.0 Å². The first kappa shape index (κ1) is 15.0. The number of halogens is 2. The number of nitro groups is 1. The van der Waals surface area contributed by atoms with E-state index in [4.69, 9.17) is 23.2 Å². The molecule has 0 unspecified atom stereocenters. The second-order valence-electron chi connectivity index (χ2n) is 3.87. The van der Waals surface area contributed by atoms with Crippen LogP contribution in [-0.4, -0.2) is 12.0 Å². The Morgan fingerprint density at radius 3 is 2.20 bits per heavy atom. The fraction of sp³-hybridized carbons (Fsp3) is 0.0769. The molecule has 2 rings (SSSR count). The second kappa shape index (κ2) is 6.35. The Balaban J connectivity index is 2.28. The highest BCUT2D eigenvalue weighted by atomic mass is 35.5. The largest absolute Gasteiger partial charge is 0.388 e. The van der Waals surface area contributed by atoms with Crippen LogP contribution < -0.4 is 5.32 Å². The van der Waals surface area contributed by atoms with Crippen LogP contribution in [0.5, 0.6) is 0 Å². The van der Waals surface area contributed by atoms with E-state index in [9.17, 15) is 10.1 Å². The number of hydrogen-bond donors (Lipinski definition) is 1. The highest BCUT2D eigenvalue weighted by Gasteiger charge is 2.12. The van der Waals surface area contributed by atoms with Gasteiger partial charge in [-0.05, 0) is 24.3 Å². The van der Waals surface area contributed by atoms with Gasteiger partial charge in [0.25, 0.3) is 5.69 Å². The molecule has 1 N–H and O–H groups in total. The van der Waals surface area contributed by atoms with E-state index in [-0.39, 0.29) is 5.69 Å². The number of nitrogens with one attached hydrogen (secondary N) is 1. The Morgan fingerprint density at radius 1 is 1.10 bits per heavy atom. The van der Waals surface area contributed by atoms with E-state index in [1.165, 1.54) is 23.9 Å². The van der Waals surface area contributed by atoms with Crippen LogP contribution in [0.1, 0.15) is 0 Å². The molecule has 0 bridgehead atoms. The monoisotopic (exact) mass is 328 g/mol. The minimum atomic E-state index is -0.477. The smallest absolute Gasteiger partial charge is 0.270 e. The standard InChI is InChI=1S/C13H10Cl2N2O2S/c1-16-8-2-4-12(10(14)6-8)20-13-5-3-9(17(18)19)7-11(13)15/h2-7,16H,1H3. The minimum Gasteiger partial charge on any atom is -0.388 e. The zero-order chi connectivity index (χ0) is 14.7. The third-order valence-corrected chi connectivity index (χ3v) is 4.57. The van der Waals surface area contributed by atoms with Gasteiger partial charge in [-0.2, -0.15) is 0 Å². The van der Waals surface area contributed by atoms with Crippen molar-refractivity contribution in [3.8, 4) is 0 Å². The van der Waals surface area contributed by atoms with Crippen LogP contribution >= 0.6 is 35.0 Å². The highest BCUT2D eigenvalue weighted by molar-refractivity contribution is 7.99. The molecule has 0 aliphatic carbocycles. The Kier molecular flexibility index (Phi) is 4.75. The SMILES string of the molecule is CNc1ccc(Sc2ccc([N+](=O)[O-])cc2Cl)c(Cl)c1. The van der Waals surface area contributed by atoms with E-state index in [0.717, 1.165) is 15.5 Å². The van der Waals surface area contributed by atoms with Crippen molar-refractivity contribution in [2.75, 3.05) is 12.4 Å². The lowest BCUT2D eigenvalue weighted by atomic mass is 10.3. The number of hydrogen-bond acceptors (Lipinski definition) is 4. The van der Waals surface area contributed by atoms with Crippen molar-refractivity contribution >= 4 is 46.3 Å². The fourth-order valence-corrected chi connectivity index (χ4v) is 2.95. The van der Waals surface area contributed by atoms with Gasteiger partial charge in [-0.1, -0.05) is 35.0 Å². The molecule has 0 atom stereocenters. The highest BCUT2D eigenvalue weighted by Crippen LogP contribution is 2.39. The van der Waals surface area contributed by atoms with E-state index in [1.807, 2.05) is 25.2 Å². The summed E-state index contributed by atoms with van der Waals surface area (Å²) in [5.74, 6) is 0. The van der Waals surface area contributed by atoms with Crippen molar-refractivity contribution in [2.24, 2.45) is 0 Å². The first-order valence-corrected chi connectivity index (χ1v) is 7.17. The summed E-state index contributed by atoms with van der Waals surface area (Å²) in [7, 11) is 1.81. The summed E-state index contributed by atoms with van der Waals surface area (Å²) in [6, 6.07) is 9.95.